The van der Waals surface area contributed by atoms with E-state index in [1.807, 2.05) is 42.5 Å². The van der Waals surface area contributed by atoms with Crippen LogP contribution in [-0.2, 0) is 0 Å². The first-order valence-electron chi connectivity index (χ1n) is 7.56. The van der Waals surface area contributed by atoms with Gasteiger partial charge in [-0.2, -0.15) is 15.8 Å². The van der Waals surface area contributed by atoms with Crippen molar-refractivity contribution < 1.29 is 0 Å². The molecule has 4 nitrogen and oxygen atoms in total. The maximum atomic E-state index is 9.08. The summed E-state index contributed by atoms with van der Waals surface area (Å²) in [7, 11) is 0. The van der Waals surface area contributed by atoms with Crippen molar-refractivity contribution in [3.63, 3.8) is 0 Å². The van der Waals surface area contributed by atoms with Crippen molar-refractivity contribution in [2.24, 2.45) is 0 Å². The van der Waals surface area contributed by atoms with E-state index >= 15 is 0 Å². The molecule has 4 heteroatoms. The van der Waals surface area contributed by atoms with Gasteiger partial charge in [0.2, 0.25) is 0 Å². The lowest BCUT2D eigenvalue weighted by Gasteiger charge is -2.07. The zero-order chi connectivity index (χ0) is 17.6. The Balaban J connectivity index is 1.90. The molecule has 116 valence electrons. The first-order valence-corrected chi connectivity index (χ1v) is 7.56. The van der Waals surface area contributed by atoms with E-state index < -0.39 is 0 Å². The number of rotatable bonds is 3. The largest absolute Gasteiger partial charge is 0.345 e. The van der Waals surface area contributed by atoms with Crippen LogP contribution in [0, 0.1) is 34.0 Å². The molecule has 0 bridgehead atoms. The van der Waals surface area contributed by atoms with Gasteiger partial charge in [0.15, 0.2) is 5.57 Å². The molecule has 0 amide bonds. The quantitative estimate of drug-likeness (QED) is 0.706. The van der Waals surface area contributed by atoms with Crippen LogP contribution in [0.1, 0.15) is 0 Å². The van der Waals surface area contributed by atoms with Gasteiger partial charge in [-0.15, -0.1) is 0 Å². The molecular formula is C21H12N4. The van der Waals surface area contributed by atoms with Crippen LogP contribution in [0.25, 0.3) is 21.9 Å². The Morgan fingerprint density at radius 2 is 1.32 bits per heavy atom. The van der Waals surface area contributed by atoms with Gasteiger partial charge in [0.25, 0.3) is 0 Å². The summed E-state index contributed by atoms with van der Waals surface area (Å²) in [6.07, 6.45) is 0. The van der Waals surface area contributed by atoms with Crippen LogP contribution in [-0.4, -0.2) is 0 Å². The number of nitriles is 3. The minimum Gasteiger partial charge on any atom is -0.345 e. The lowest BCUT2D eigenvalue weighted by molar-refractivity contribution is 1.37. The lowest BCUT2D eigenvalue weighted by atomic mass is 10.0. The van der Waals surface area contributed by atoms with E-state index in [4.69, 9.17) is 15.8 Å². The fourth-order valence-electron chi connectivity index (χ4n) is 2.54. The molecule has 0 saturated carbocycles. The van der Waals surface area contributed by atoms with E-state index in [1.165, 1.54) is 10.8 Å². The Kier molecular flexibility index (Phi) is 4.43. The molecule has 0 heterocycles. The van der Waals surface area contributed by atoms with Gasteiger partial charge in [0.1, 0.15) is 23.9 Å². The first kappa shape index (κ1) is 15.8. The third-order valence-corrected chi connectivity index (χ3v) is 3.82. The van der Waals surface area contributed by atoms with Crippen LogP contribution in [0.5, 0.6) is 0 Å². The van der Waals surface area contributed by atoms with Gasteiger partial charge < -0.3 is 5.32 Å². The number of hydrogen-bond donors (Lipinski definition) is 1. The summed E-state index contributed by atoms with van der Waals surface area (Å²) in [6, 6.07) is 27.2. The van der Waals surface area contributed by atoms with Crippen molar-refractivity contribution in [2.45, 2.75) is 0 Å². The molecular weight excluding hydrogens is 308 g/mol. The highest BCUT2D eigenvalue weighted by Crippen LogP contribution is 2.26. The van der Waals surface area contributed by atoms with Crippen molar-refractivity contribution in [1.82, 2.24) is 0 Å². The molecule has 0 aromatic heterocycles. The topological polar surface area (TPSA) is 83.4 Å². The second-order valence-electron chi connectivity index (χ2n) is 5.35. The third kappa shape index (κ3) is 3.32. The molecule has 0 aliphatic carbocycles. The number of fused-ring (bicyclic) bond motifs is 1. The summed E-state index contributed by atoms with van der Waals surface area (Å²) < 4.78 is 0. The Hall–Kier alpha value is -4.07. The molecule has 3 rings (SSSR count). The highest BCUT2D eigenvalue weighted by Gasteiger charge is 2.06. The highest BCUT2D eigenvalue weighted by atomic mass is 14.9. The van der Waals surface area contributed by atoms with Crippen LogP contribution in [0.3, 0.4) is 0 Å². The Labute approximate surface area is 145 Å². The predicted molar refractivity (Wildman–Crippen MR) is 96.9 cm³/mol. The van der Waals surface area contributed by atoms with Crippen molar-refractivity contribution in [2.75, 3.05) is 5.32 Å². The minimum absolute atomic E-state index is 0.0524. The molecule has 0 aliphatic rings. The highest BCUT2D eigenvalue weighted by molar-refractivity contribution is 5.87. The van der Waals surface area contributed by atoms with Crippen molar-refractivity contribution in [3.05, 3.63) is 78.0 Å². The van der Waals surface area contributed by atoms with Gasteiger partial charge >= 0.3 is 0 Å². The van der Waals surface area contributed by atoms with Gasteiger partial charge in [-0.1, -0.05) is 48.5 Å². The van der Waals surface area contributed by atoms with Crippen LogP contribution in [0.15, 0.2) is 78.0 Å². The van der Waals surface area contributed by atoms with Crippen LogP contribution < -0.4 is 5.32 Å². The zero-order valence-electron chi connectivity index (χ0n) is 13.2. The molecule has 3 aromatic carbocycles. The summed E-state index contributed by atoms with van der Waals surface area (Å²) >= 11 is 0. The van der Waals surface area contributed by atoms with E-state index in [1.54, 1.807) is 12.1 Å². The standard InChI is InChI=1S/C21H12N4/c22-12-19(13-23)21(14-24)25-20-9-7-16(8-10-20)18-6-5-15-3-1-2-4-17(15)11-18/h1-11,25H. The number of nitrogens with one attached hydrogen (secondary N) is 1. The number of anilines is 1. The van der Waals surface area contributed by atoms with Gasteiger partial charge in [-0.05, 0) is 40.1 Å². The SMILES string of the molecule is N#CC(C#N)=C(C#N)Nc1ccc(-c2ccc3ccccc3c2)cc1. The van der Waals surface area contributed by atoms with E-state index in [9.17, 15) is 0 Å². The molecule has 0 atom stereocenters. The molecule has 0 radical (unpaired) electrons. The molecule has 3 aromatic rings. The molecule has 0 spiro atoms. The summed E-state index contributed by atoms with van der Waals surface area (Å²) in [5, 5.41) is 32.0. The van der Waals surface area contributed by atoms with Crippen LogP contribution >= 0.6 is 0 Å². The second kappa shape index (κ2) is 7.01. The number of allylic oxidation sites excluding steroid dienone is 2. The van der Waals surface area contributed by atoms with E-state index in [0.717, 1.165) is 11.1 Å². The first-order chi connectivity index (χ1) is 12.2. The fourth-order valence-corrected chi connectivity index (χ4v) is 2.54. The Bertz CT molecular complexity index is 1070. The monoisotopic (exact) mass is 320 g/mol. The Morgan fingerprint density at radius 1 is 0.680 bits per heavy atom. The summed E-state index contributed by atoms with van der Waals surface area (Å²) in [6.45, 7) is 0. The molecule has 1 N–H and O–H groups in total. The predicted octanol–water partition coefficient (Wildman–Crippen LogP) is 4.74. The van der Waals surface area contributed by atoms with Gasteiger partial charge in [0.05, 0.1) is 0 Å². The average Bonchev–Trinajstić information content (AvgIpc) is 2.68. The zero-order valence-corrected chi connectivity index (χ0v) is 13.2. The third-order valence-electron chi connectivity index (χ3n) is 3.82. The lowest BCUT2D eigenvalue weighted by Crippen LogP contribution is -2.00. The smallest absolute Gasteiger partial charge is 0.163 e. The second-order valence-corrected chi connectivity index (χ2v) is 5.35. The van der Waals surface area contributed by atoms with Crippen LogP contribution in [0.2, 0.25) is 0 Å². The maximum Gasteiger partial charge on any atom is 0.163 e. The molecule has 0 fully saturated rings. The van der Waals surface area contributed by atoms with E-state index in [2.05, 4.69) is 35.6 Å². The molecule has 0 aliphatic heterocycles. The summed E-state index contributed by atoms with van der Waals surface area (Å²) in [4.78, 5) is 0. The maximum absolute atomic E-state index is 9.08. The number of benzene rings is 3. The molecule has 0 saturated heterocycles. The van der Waals surface area contributed by atoms with Gasteiger partial charge in [0, 0.05) is 5.69 Å². The van der Waals surface area contributed by atoms with E-state index in [-0.39, 0.29) is 11.3 Å². The molecule has 0 unspecified atom stereocenters. The number of nitrogens with zero attached hydrogens (tertiary/aromatic N) is 3. The van der Waals surface area contributed by atoms with Crippen molar-refractivity contribution in [3.8, 4) is 29.3 Å². The molecule has 25 heavy (non-hydrogen) atoms. The van der Waals surface area contributed by atoms with Gasteiger partial charge in [-0.3, -0.25) is 0 Å². The average molecular weight is 320 g/mol. The Morgan fingerprint density at radius 3 is 1.96 bits per heavy atom. The summed E-state index contributed by atoms with van der Waals surface area (Å²) in [5.41, 5.74) is 2.49. The van der Waals surface area contributed by atoms with Crippen molar-refractivity contribution >= 4 is 16.5 Å². The van der Waals surface area contributed by atoms with Gasteiger partial charge in [-0.25, -0.2) is 0 Å². The van der Waals surface area contributed by atoms with Crippen LogP contribution in [0.4, 0.5) is 5.69 Å². The van der Waals surface area contributed by atoms with E-state index in [0.29, 0.717) is 5.69 Å². The normalized spacial score (nSPS) is 9.48. The summed E-state index contributed by atoms with van der Waals surface area (Å²) in [5.74, 6) is 0. The fraction of sp³-hybridized carbons (Fsp3) is 0. The minimum atomic E-state index is -0.235. The number of hydrogen-bond acceptors (Lipinski definition) is 4. The van der Waals surface area contributed by atoms with Crippen molar-refractivity contribution in [1.29, 1.82) is 15.8 Å².